The smallest absolute Gasteiger partial charge is 0.475 e. The lowest BCUT2D eigenvalue weighted by Gasteiger charge is -1.93. The number of halogens is 3. The molecule has 1 aromatic rings. The van der Waals surface area contributed by atoms with E-state index < -0.39 is 22.4 Å². The van der Waals surface area contributed by atoms with Crippen LogP contribution >= 0.6 is 0 Å². The standard InChI is InChI=1S/C5H9N3O2S.C2HF3O2/c1-4-3-8(7-5(4)2)11(6,9)10;3-2(4,5)1(6)7/h3H,1-2H3,(H2,6,9,10);(H,6,7). The molecule has 0 atom stereocenters. The topological polar surface area (TPSA) is 115 Å². The van der Waals surface area contributed by atoms with Crippen LogP contribution in [0.3, 0.4) is 0 Å². The fourth-order valence-electron chi connectivity index (χ4n) is 0.645. The van der Waals surface area contributed by atoms with Crippen molar-refractivity contribution in [1.29, 1.82) is 0 Å². The molecule has 11 heteroatoms. The average Bonchev–Trinajstić information content (AvgIpc) is 2.45. The summed E-state index contributed by atoms with van der Waals surface area (Å²) in [5, 5.41) is 15.6. The number of aromatic nitrogens is 2. The minimum Gasteiger partial charge on any atom is -0.475 e. The molecular formula is C7H10F3N3O4S. The van der Waals surface area contributed by atoms with Gasteiger partial charge < -0.3 is 5.11 Å². The maximum atomic E-state index is 10.7. The lowest BCUT2D eigenvalue weighted by atomic mass is 10.3. The molecule has 0 saturated heterocycles. The fourth-order valence-corrected chi connectivity index (χ4v) is 1.19. The minimum atomic E-state index is -5.08. The molecule has 0 amide bonds. The summed E-state index contributed by atoms with van der Waals surface area (Å²) < 4.78 is 53.9. The Morgan fingerprint density at radius 3 is 1.94 bits per heavy atom. The number of hydrogen-bond donors (Lipinski definition) is 2. The largest absolute Gasteiger partial charge is 0.490 e. The Labute approximate surface area is 100 Å². The highest BCUT2D eigenvalue weighted by Gasteiger charge is 2.38. The van der Waals surface area contributed by atoms with Crippen LogP contribution in [0.5, 0.6) is 0 Å². The number of carboxylic acids is 1. The number of carboxylic acid groups (broad SMARTS) is 1. The van der Waals surface area contributed by atoms with Gasteiger partial charge in [0.25, 0.3) is 0 Å². The molecule has 0 radical (unpaired) electrons. The first-order valence-electron chi connectivity index (χ1n) is 4.22. The van der Waals surface area contributed by atoms with Crippen molar-refractivity contribution in [3.05, 3.63) is 17.5 Å². The van der Waals surface area contributed by atoms with E-state index in [1.165, 1.54) is 6.20 Å². The Hall–Kier alpha value is -1.62. The van der Waals surface area contributed by atoms with Crippen LogP contribution in [0.2, 0.25) is 0 Å². The number of alkyl halides is 3. The number of aryl methyl sites for hydroxylation is 2. The first-order chi connectivity index (χ1) is 7.85. The van der Waals surface area contributed by atoms with Crippen molar-refractivity contribution in [2.45, 2.75) is 20.0 Å². The van der Waals surface area contributed by atoms with Crippen molar-refractivity contribution in [2.75, 3.05) is 0 Å². The molecule has 0 unspecified atom stereocenters. The molecule has 0 saturated carbocycles. The Balaban J connectivity index is 0.000000360. The second kappa shape index (κ2) is 5.35. The van der Waals surface area contributed by atoms with Gasteiger partial charge >= 0.3 is 22.4 Å². The van der Waals surface area contributed by atoms with Gasteiger partial charge in [0.2, 0.25) is 0 Å². The van der Waals surface area contributed by atoms with Crippen LogP contribution in [0.15, 0.2) is 6.20 Å². The van der Waals surface area contributed by atoms with Crippen LogP contribution in [0.25, 0.3) is 0 Å². The molecule has 0 spiro atoms. The first-order valence-corrected chi connectivity index (χ1v) is 5.72. The molecule has 7 nitrogen and oxygen atoms in total. The molecule has 3 N–H and O–H groups in total. The summed E-state index contributed by atoms with van der Waals surface area (Å²) in [6, 6.07) is 0. The molecule has 0 aliphatic heterocycles. The van der Waals surface area contributed by atoms with Gasteiger partial charge in [0.1, 0.15) is 0 Å². The Bertz CT molecular complexity index is 515. The molecule has 0 aromatic carbocycles. The summed E-state index contributed by atoms with van der Waals surface area (Å²) in [6.45, 7) is 3.49. The maximum absolute atomic E-state index is 10.7. The van der Waals surface area contributed by atoms with Crippen molar-refractivity contribution in [1.82, 2.24) is 9.19 Å². The number of aliphatic carboxylic acids is 1. The number of rotatable bonds is 1. The van der Waals surface area contributed by atoms with Crippen molar-refractivity contribution in [2.24, 2.45) is 5.14 Å². The van der Waals surface area contributed by atoms with Crippen LogP contribution in [0, 0.1) is 13.8 Å². The van der Waals surface area contributed by atoms with Gasteiger partial charge in [-0.15, -0.1) is 0 Å². The minimum absolute atomic E-state index is 0.666. The predicted octanol–water partition coefficient (Wildman–Crippen LogP) is 0.185. The number of carbonyl (C=O) groups is 1. The van der Waals surface area contributed by atoms with Crippen molar-refractivity contribution in [3.8, 4) is 0 Å². The van der Waals surface area contributed by atoms with Crippen LogP contribution in [-0.4, -0.2) is 34.9 Å². The van der Waals surface area contributed by atoms with E-state index in [9.17, 15) is 21.6 Å². The summed E-state index contributed by atoms with van der Waals surface area (Å²) in [7, 11) is -3.70. The second-order valence-corrected chi connectivity index (χ2v) is 4.52. The summed E-state index contributed by atoms with van der Waals surface area (Å²) in [4.78, 5) is 8.90. The normalized spacial score (nSPS) is 11.7. The van der Waals surface area contributed by atoms with Gasteiger partial charge in [0.05, 0.1) is 5.69 Å². The number of nitrogens with zero attached hydrogens (tertiary/aromatic N) is 2. The molecular weight excluding hydrogens is 279 g/mol. The van der Waals surface area contributed by atoms with Crippen molar-refractivity contribution < 1.29 is 31.5 Å². The Morgan fingerprint density at radius 2 is 1.83 bits per heavy atom. The third kappa shape index (κ3) is 5.14. The van der Waals surface area contributed by atoms with Gasteiger partial charge in [0.15, 0.2) is 0 Å². The first kappa shape index (κ1) is 16.4. The van der Waals surface area contributed by atoms with Gasteiger partial charge in [0, 0.05) is 6.20 Å². The third-order valence-electron chi connectivity index (χ3n) is 1.63. The molecule has 0 aliphatic carbocycles. The van der Waals surface area contributed by atoms with E-state index >= 15 is 0 Å². The number of hydrogen-bond acceptors (Lipinski definition) is 4. The van der Waals surface area contributed by atoms with E-state index in [0.717, 1.165) is 9.65 Å². The highest BCUT2D eigenvalue weighted by Crippen LogP contribution is 2.13. The SMILES string of the molecule is Cc1cn(S(N)(=O)=O)nc1C.O=C(O)C(F)(F)F. The summed E-state index contributed by atoms with van der Waals surface area (Å²) >= 11 is 0. The monoisotopic (exact) mass is 289 g/mol. The zero-order valence-corrected chi connectivity index (χ0v) is 10.1. The van der Waals surface area contributed by atoms with Gasteiger partial charge in [-0.05, 0) is 19.4 Å². The molecule has 1 heterocycles. The summed E-state index contributed by atoms with van der Waals surface area (Å²) in [5.41, 5.74) is 1.47. The van der Waals surface area contributed by atoms with Crippen LogP contribution < -0.4 is 5.14 Å². The molecule has 18 heavy (non-hydrogen) atoms. The van der Waals surface area contributed by atoms with Gasteiger partial charge in [-0.1, -0.05) is 0 Å². The Morgan fingerprint density at radius 1 is 1.44 bits per heavy atom. The quantitative estimate of drug-likeness (QED) is 0.765. The maximum Gasteiger partial charge on any atom is 0.490 e. The predicted molar refractivity (Wildman–Crippen MR) is 53.9 cm³/mol. The lowest BCUT2D eigenvalue weighted by Crippen LogP contribution is -2.22. The van der Waals surface area contributed by atoms with Crippen molar-refractivity contribution >= 4 is 16.2 Å². The van der Waals surface area contributed by atoms with E-state index in [1.54, 1.807) is 13.8 Å². The van der Waals surface area contributed by atoms with E-state index in [2.05, 4.69) is 5.10 Å². The Kier molecular flexibility index (Phi) is 4.87. The van der Waals surface area contributed by atoms with Crippen molar-refractivity contribution in [3.63, 3.8) is 0 Å². The highest BCUT2D eigenvalue weighted by molar-refractivity contribution is 7.87. The van der Waals surface area contributed by atoms with Gasteiger partial charge in [-0.2, -0.15) is 30.8 Å². The second-order valence-electron chi connectivity index (χ2n) is 3.12. The van der Waals surface area contributed by atoms with Gasteiger partial charge in [-0.3, -0.25) is 0 Å². The van der Waals surface area contributed by atoms with E-state index in [1.807, 2.05) is 0 Å². The van der Waals surface area contributed by atoms with E-state index in [0.29, 0.717) is 5.69 Å². The summed E-state index contributed by atoms with van der Waals surface area (Å²) in [5.74, 6) is -2.76. The third-order valence-corrected chi connectivity index (χ3v) is 2.34. The molecule has 1 rings (SSSR count). The molecule has 104 valence electrons. The average molecular weight is 289 g/mol. The van der Waals surface area contributed by atoms with E-state index in [4.69, 9.17) is 15.0 Å². The zero-order chi connectivity index (χ0) is 14.7. The molecule has 0 fully saturated rings. The molecule has 0 aliphatic rings. The van der Waals surface area contributed by atoms with Crippen LogP contribution in [-0.2, 0) is 15.0 Å². The van der Waals surface area contributed by atoms with E-state index in [-0.39, 0.29) is 0 Å². The van der Waals surface area contributed by atoms with Gasteiger partial charge in [-0.25, -0.2) is 9.93 Å². The number of nitrogens with two attached hydrogens (primary N) is 1. The van der Waals surface area contributed by atoms with Crippen LogP contribution in [0.4, 0.5) is 13.2 Å². The molecule has 0 bridgehead atoms. The van der Waals surface area contributed by atoms with Crippen LogP contribution in [0.1, 0.15) is 11.3 Å². The zero-order valence-electron chi connectivity index (χ0n) is 9.26. The fraction of sp³-hybridized carbons (Fsp3) is 0.429. The summed E-state index contributed by atoms with van der Waals surface area (Å²) in [6.07, 6.45) is -3.70. The lowest BCUT2D eigenvalue weighted by molar-refractivity contribution is -0.192. The highest BCUT2D eigenvalue weighted by atomic mass is 32.2. The molecule has 1 aromatic heterocycles.